The number of anilines is 1. The van der Waals surface area contributed by atoms with Crippen LogP contribution in [0.15, 0.2) is 24.3 Å². The third-order valence-electron chi connectivity index (χ3n) is 4.22. The van der Waals surface area contributed by atoms with Gasteiger partial charge in [-0.15, -0.1) is 5.10 Å². The van der Waals surface area contributed by atoms with E-state index in [4.69, 9.17) is 0 Å². The number of aromatic nitrogens is 4. The van der Waals surface area contributed by atoms with Crippen molar-refractivity contribution in [2.75, 3.05) is 19.0 Å². The van der Waals surface area contributed by atoms with Gasteiger partial charge in [0.2, 0.25) is 5.82 Å². The first-order chi connectivity index (χ1) is 11.1. The number of carbonyl (C=O) groups excluding carboxylic acids is 1. The summed E-state index contributed by atoms with van der Waals surface area (Å²) in [5.74, 6) is 0.0202. The van der Waals surface area contributed by atoms with Crippen LogP contribution >= 0.6 is 0 Å². The van der Waals surface area contributed by atoms with Crippen molar-refractivity contribution in [3.05, 3.63) is 30.1 Å². The fraction of sp³-hybridized carbons (Fsp3) is 0.500. The van der Waals surface area contributed by atoms with E-state index >= 15 is 0 Å². The summed E-state index contributed by atoms with van der Waals surface area (Å²) in [4.78, 5) is 14.5. The Morgan fingerprint density at radius 1 is 1.17 bits per heavy atom. The number of nitrogens with one attached hydrogen (secondary N) is 1. The topological polar surface area (TPSA) is 75.9 Å². The number of amides is 1. The quantitative estimate of drug-likeness (QED) is 0.931. The van der Waals surface area contributed by atoms with E-state index in [1.807, 2.05) is 43.3 Å². The highest BCUT2D eigenvalue weighted by atomic mass is 16.2. The van der Waals surface area contributed by atoms with Crippen LogP contribution in [0, 0.1) is 0 Å². The molecule has 7 heteroatoms. The van der Waals surface area contributed by atoms with Crippen molar-refractivity contribution in [1.29, 1.82) is 0 Å². The summed E-state index contributed by atoms with van der Waals surface area (Å²) >= 11 is 0. The van der Waals surface area contributed by atoms with Gasteiger partial charge in [0.25, 0.3) is 5.91 Å². The monoisotopic (exact) mass is 314 g/mol. The van der Waals surface area contributed by atoms with Crippen LogP contribution in [0.2, 0.25) is 0 Å². The van der Waals surface area contributed by atoms with E-state index in [1.165, 1.54) is 23.9 Å². The molecule has 1 N–H and O–H groups in total. The van der Waals surface area contributed by atoms with Crippen molar-refractivity contribution in [2.45, 2.75) is 38.1 Å². The Hall–Kier alpha value is -2.44. The van der Waals surface area contributed by atoms with Gasteiger partial charge in [-0.05, 0) is 47.5 Å². The number of nitrogens with zero attached hydrogens (tertiary/aromatic N) is 5. The number of carbonyl (C=O) groups is 1. The molecule has 1 aliphatic rings. The Labute approximate surface area is 135 Å². The highest BCUT2D eigenvalue weighted by Gasteiger charge is 2.21. The van der Waals surface area contributed by atoms with Gasteiger partial charge >= 0.3 is 0 Å². The summed E-state index contributed by atoms with van der Waals surface area (Å²) in [5.41, 5.74) is 1.85. The van der Waals surface area contributed by atoms with Crippen molar-refractivity contribution in [1.82, 2.24) is 25.5 Å². The van der Waals surface area contributed by atoms with Gasteiger partial charge in [-0.1, -0.05) is 19.3 Å². The number of tetrazole rings is 1. The molecule has 0 unspecified atom stereocenters. The maximum atomic E-state index is 12.5. The first-order valence-corrected chi connectivity index (χ1v) is 8.02. The van der Waals surface area contributed by atoms with E-state index in [-0.39, 0.29) is 17.8 Å². The van der Waals surface area contributed by atoms with Crippen molar-refractivity contribution in [3.8, 4) is 5.69 Å². The molecule has 1 saturated carbocycles. The van der Waals surface area contributed by atoms with Gasteiger partial charge in [0, 0.05) is 25.8 Å². The Morgan fingerprint density at radius 2 is 1.87 bits per heavy atom. The zero-order chi connectivity index (χ0) is 16.2. The van der Waals surface area contributed by atoms with Crippen LogP contribution in [0.5, 0.6) is 0 Å². The molecule has 23 heavy (non-hydrogen) atoms. The molecule has 0 spiro atoms. The SMILES string of the molecule is CN(C)c1ccc(-n2nnnc2C(=O)NC2CCCCC2)cc1. The average molecular weight is 314 g/mol. The number of hydrogen-bond donors (Lipinski definition) is 1. The van der Waals surface area contributed by atoms with Crippen LogP contribution in [0.25, 0.3) is 5.69 Å². The van der Waals surface area contributed by atoms with E-state index in [2.05, 4.69) is 20.8 Å². The van der Waals surface area contributed by atoms with Gasteiger partial charge in [-0.2, -0.15) is 4.68 Å². The van der Waals surface area contributed by atoms with Gasteiger partial charge in [-0.3, -0.25) is 4.79 Å². The molecule has 0 aliphatic heterocycles. The van der Waals surface area contributed by atoms with Crippen molar-refractivity contribution in [3.63, 3.8) is 0 Å². The van der Waals surface area contributed by atoms with Gasteiger partial charge in [0.05, 0.1) is 5.69 Å². The van der Waals surface area contributed by atoms with E-state index in [0.717, 1.165) is 24.2 Å². The summed E-state index contributed by atoms with van der Waals surface area (Å²) in [6.45, 7) is 0. The van der Waals surface area contributed by atoms with Gasteiger partial charge < -0.3 is 10.2 Å². The molecule has 0 radical (unpaired) electrons. The summed E-state index contributed by atoms with van der Waals surface area (Å²) < 4.78 is 1.48. The van der Waals surface area contributed by atoms with Crippen LogP contribution < -0.4 is 10.2 Å². The van der Waals surface area contributed by atoms with E-state index in [1.54, 1.807) is 0 Å². The Bertz CT molecular complexity index is 657. The maximum absolute atomic E-state index is 12.5. The lowest BCUT2D eigenvalue weighted by Crippen LogP contribution is -2.37. The predicted octanol–water partition coefficient (Wildman–Crippen LogP) is 1.79. The first kappa shape index (κ1) is 15.5. The van der Waals surface area contributed by atoms with Crippen LogP contribution in [-0.2, 0) is 0 Å². The number of rotatable bonds is 4. The van der Waals surface area contributed by atoms with Crippen LogP contribution in [-0.4, -0.2) is 46.3 Å². The summed E-state index contributed by atoms with van der Waals surface area (Å²) in [6.07, 6.45) is 5.65. The average Bonchev–Trinajstić information content (AvgIpc) is 3.05. The molecule has 1 aromatic heterocycles. The lowest BCUT2D eigenvalue weighted by atomic mass is 9.95. The molecule has 122 valence electrons. The molecule has 2 aromatic rings. The summed E-state index contributed by atoms with van der Waals surface area (Å²) in [6, 6.07) is 7.99. The molecule has 1 fully saturated rings. The molecular weight excluding hydrogens is 292 g/mol. The molecule has 1 aliphatic carbocycles. The van der Waals surface area contributed by atoms with E-state index in [9.17, 15) is 4.79 Å². The fourth-order valence-corrected chi connectivity index (χ4v) is 2.89. The molecule has 0 saturated heterocycles. The Balaban J connectivity index is 1.77. The van der Waals surface area contributed by atoms with Gasteiger partial charge in [0.15, 0.2) is 0 Å². The molecule has 1 heterocycles. The van der Waals surface area contributed by atoms with Crippen LogP contribution in [0.3, 0.4) is 0 Å². The minimum Gasteiger partial charge on any atom is -0.378 e. The molecule has 7 nitrogen and oxygen atoms in total. The minimum atomic E-state index is -0.210. The second-order valence-corrected chi connectivity index (χ2v) is 6.13. The van der Waals surface area contributed by atoms with E-state index in [0.29, 0.717) is 0 Å². The number of hydrogen-bond acceptors (Lipinski definition) is 5. The minimum absolute atomic E-state index is 0.210. The standard InChI is InChI=1S/C16H22N6O/c1-21(2)13-8-10-14(11-9-13)22-15(18-19-20-22)16(23)17-12-6-4-3-5-7-12/h8-12H,3-7H2,1-2H3,(H,17,23). The molecule has 1 amide bonds. The molecule has 0 atom stereocenters. The predicted molar refractivity (Wildman–Crippen MR) is 87.8 cm³/mol. The zero-order valence-corrected chi connectivity index (χ0v) is 13.6. The zero-order valence-electron chi connectivity index (χ0n) is 13.6. The first-order valence-electron chi connectivity index (χ1n) is 8.02. The molecule has 0 bridgehead atoms. The summed E-state index contributed by atoms with van der Waals surface area (Å²) in [7, 11) is 3.96. The fourth-order valence-electron chi connectivity index (χ4n) is 2.89. The normalized spacial score (nSPS) is 15.4. The highest BCUT2D eigenvalue weighted by Crippen LogP contribution is 2.18. The third kappa shape index (κ3) is 3.49. The van der Waals surface area contributed by atoms with E-state index < -0.39 is 0 Å². The Kier molecular flexibility index (Phi) is 4.55. The third-order valence-corrected chi connectivity index (χ3v) is 4.22. The molecule has 1 aromatic carbocycles. The van der Waals surface area contributed by atoms with Gasteiger partial charge in [-0.25, -0.2) is 0 Å². The van der Waals surface area contributed by atoms with Crippen molar-refractivity contribution >= 4 is 11.6 Å². The summed E-state index contributed by atoms with van der Waals surface area (Å²) in [5, 5.41) is 14.6. The molecule has 3 rings (SSSR count). The lowest BCUT2D eigenvalue weighted by molar-refractivity contribution is 0.0914. The largest absolute Gasteiger partial charge is 0.378 e. The molecular formula is C16H22N6O. The maximum Gasteiger partial charge on any atom is 0.291 e. The number of benzene rings is 1. The van der Waals surface area contributed by atoms with Crippen molar-refractivity contribution in [2.24, 2.45) is 0 Å². The highest BCUT2D eigenvalue weighted by molar-refractivity contribution is 5.91. The van der Waals surface area contributed by atoms with Crippen molar-refractivity contribution < 1.29 is 4.79 Å². The van der Waals surface area contributed by atoms with Crippen LogP contribution in [0.4, 0.5) is 5.69 Å². The Morgan fingerprint density at radius 3 is 2.52 bits per heavy atom. The second-order valence-electron chi connectivity index (χ2n) is 6.13. The lowest BCUT2D eigenvalue weighted by Gasteiger charge is -2.22. The second kappa shape index (κ2) is 6.76. The van der Waals surface area contributed by atoms with Gasteiger partial charge in [0.1, 0.15) is 0 Å². The van der Waals surface area contributed by atoms with Crippen LogP contribution in [0.1, 0.15) is 42.7 Å². The smallest absolute Gasteiger partial charge is 0.291 e.